The van der Waals surface area contributed by atoms with Crippen molar-refractivity contribution < 1.29 is 0 Å². The molecule has 0 saturated carbocycles. The first-order chi connectivity index (χ1) is 10.1. The van der Waals surface area contributed by atoms with Crippen molar-refractivity contribution in [3.8, 4) is 0 Å². The summed E-state index contributed by atoms with van der Waals surface area (Å²) in [7, 11) is 0. The van der Waals surface area contributed by atoms with E-state index in [0.717, 1.165) is 12.8 Å². The molecule has 1 heteroatoms. The van der Waals surface area contributed by atoms with Crippen LogP contribution in [0.15, 0.2) is 62.4 Å². The number of nitrogens with zero attached hydrogens (tertiary/aromatic N) is 1. The Kier molecular flexibility index (Phi) is 3.84. The highest BCUT2D eigenvalue weighted by molar-refractivity contribution is 6.08. The Morgan fingerprint density at radius 1 is 1.14 bits per heavy atom. The second-order valence-electron chi connectivity index (χ2n) is 6.48. The molecule has 0 fully saturated rings. The minimum atomic E-state index is 1.05. The summed E-state index contributed by atoms with van der Waals surface area (Å²) in [5.41, 5.74) is 11.2. The van der Waals surface area contributed by atoms with Gasteiger partial charge in [0, 0.05) is 16.9 Å². The molecule has 0 N–H and O–H groups in total. The van der Waals surface area contributed by atoms with Crippen molar-refractivity contribution in [2.24, 2.45) is 4.99 Å². The predicted molar refractivity (Wildman–Crippen MR) is 91.5 cm³/mol. The summed E-state index contributed by atoms with van der Waals surface area (Å²) in [5.74, 6) is 0. The van der Waals surface area contributed by atoms with Crippen molar-refractivity contribution in [3.63, 3.8) is 0 Å². The van der Waals surface area contributed by atoms with E-state index in [1.807, 2.05) is 0 Å². The van der Waals surface area contributed by atoms with E-state index >= 15 is 0 Å². The molecule has 0 aromatic rings. The summed E-state index contributed by atoms with van der Waals surface area (Å²) in [6.45, 7) is 8.86. The standard InChI is InChI=1S/C20H25N/c1-5-6-7-15-8-9-16(12-15)19-14(4)21-18-11-10-17(13(2)3)20(18)19/h8,11-12H,5-7,9-10H2,1-4H3. The summed E-state index contributed by atoms with van der Waals surface area (Å²) in [6, 6.07) is 0. The zero-order chi connectivity index (χ0) is 15.0. The molecule has 3 aliphatic rings. The van der Waals surface area contributed by atoms with Crippen molar-refractivity contribution >= 4 is 5.71 Å². The van der Waals surface area contributed by atoms with Gasteiger partial charge in [0.15, 0.2) is 0 Å². The van der Waals surface area contributed by atoms with Gasteiger partial charge in [0.1, 0.15) is 0 Å². The van der Waals surface area contributed by atoms with Crippen LogP contribution in [0.4, 0.5) is 0 Å². The van der Waals surface area contributed by atoms with Crippen LogP contribution in [-0.2, 0) is 0 Å². The Balaban J connectivity index is 1.96. The first-order valence-corrected chi connectivity index (χ1v) is 8.19. The fraction of sp³-hybridized carbons (Fsp3) is 0.450. The van der Waals surface area contributed by atoms with Gasteiger partial charge in [-0.15, -0.1) is 0 Å². The van der Waals surface area contributed by atoms with Crippen LogP contribution in [0.3, 0.4) is 0 Å². The number of hydrogen-bond acceptors (Lipinski definition) is 1. The van der Waals surface area contributed by atoms with Crippen LogP contribution < -0.4 is 0 Å². The Bertz CT molecular complexity index is 656. The number of aliphatic imine (C=N–C) groups is 1. The third-order valence-electron chi connectivity index (χ3n) is 4.64. The van der Waals surface area contributed by atoms with Crippen LogP contribution in [0.2, 0.25) is 0 Å². The van der Waals surface area contributed by atoms with Crippen LogP contribution in [0, 0.1) is 0 Å². The Morgan fingerprint density at radius 3 is 2.67 bits per heavy atom. The lowest BCUT2D eigenvalue weighted by Gasteiger charge is -2.10. The summed E-state index contributed by atoms with van der Waals surface area (Å²) >= 11 is 0. The summed E-state index contributed by atoms with van der Waals surface area (Å²) in [5, 5.41) is 0. The molecule has 0 amide bonds. The van der Waals surface area contributed by atoms with E-state index in [1.165, 1.54) is 64.1 Å². The summed E-state index contributed by atoms with van der Waals surface area (Å²) in [4.78, 5) is 4.80. The second kappa shape index (κ2) is 5.63. The van der Waals surface area contributed by atoms with Crippen molar-refractivity contribution in [1.29, 1.82) is 0 Å². The van der Waals surface area contributed by atoms with Crippen LogP contribution >= 0.6 is 0 Å². The zero-order valence-electron chi connectivity index (χ0n) is 13.7. The first kappa shape index (κ1) is 14.3. The highest BCUT2D eigenvalue weighted by atomic mass is 14.8. The molecule has 1 nitrogen and oxygen atoms in total. The van der Waals surface area contributed by atoms with E-state index in [1.54, 1.807) is 0 Å². The van der Waals surface area contributed by atoms with E-state index in [0.29, 0.717) is 0 Å². The molecular weight excluding hydrogens is 254 g/mol. The van der Waals surface area contributed by atoms with E-state index in [9.17, 15) is 0 Å². The number of rotatable bonds is 4. The quantitative estimate of drug-likeness (QED) is 0.614. The van der Waals surface area contributed by atoms with Crippen LogP contribution in [0.25, 0.3) is 0 Å². The molecule has 0 aromatic carbocycles. The van der Waals surface area contributed by atoms with Gasteiger partial charge in [0.25, 0.3) is 0 Å². The van der Waals surface area contributed by atoms with E-state index in [4.69, 9.17) is 4.99 Å². The van der Waals surface area contributed by atoms with Gasteiger partial charge >= 0.3 is 0 Å². The highest BCUT2D eigenvalue weighted by Gasteiger charge is 2.30. The number of fused-ring (bicyclic) bond motifs is 1. The van der Waals surface area contributed by atoms with Crippen molar-refractivity contribution in [1.82, 2.24) is 0 Å². The molecule has 0 unspecified atom stereocenters. The smallest absolute Gasteiger partial charge is 0.0678 e. The van der Waals surface area contributed by atoms with Gasteiger partial charge in [0.2, 0.25) is 0 Å². The van der Waals surface area contributed by atoms with Gasteiger partial charge in [-0.05, 0) is 57.6 Å². The van der Waals surface area contributed by atoms with E-state index < -0.39 is 0 Å². The average molecular weight is 279 g/mol. The molecule has 0 saturated heterocycles. The fourth-order valence-electron chi connectivity index (χ4n) is 3.51. The predicted octanol–water partition coefficient (Wildman–Crippen LogP) is 5.83. The lowest BCUT2D eigenvalue weighted by atomic mass is 9.92. The van der Waals surface area contributed by atoms with Crippen molar-refractivity contribution in [2.45, 2.75) is 59.8 Å². The molecule has 0 radical (unpaired) electrons. The number of allylic oxidation sites excluding steroid dienone is 8. The molecule has 0 aromatic heterocycles. The van der Waals surface area contributed by atoms with Crippen molar-refractivity contribution in [3.05, 3.63) is 57.4 Å². The van der Waals surface area contributed by atoms with Gasteiger partial charge in [-0.3, -0.25) is 4.99 Å². The minimum absolute atomic E-state index is 1.05. The maximum absolute atomic E-state index is 4.80. The Morgan fingerprint density at radius 2 is 1.95 bits per heavy atom. The van der Waals surface area contributed by atoms with Gasteiger partial charge in [-0.25, -0.2) is 0 Å². The topological polar surface area (TPSA) is 12.4 Å². The molecule has 1 aliphatic heterocycles. The SMILES string of the molecule is CCCCC1=CCC(C2=C3C(=CCC3=C(C)C)N=C2C)=C1. The first-order valence-electron chi connectivity index (χ1n) is 8.19. The monoisotopic (exact) mass is 279 g/mol. The molecule has 2 aliphatic carbocycles. The van der Waals surface area contributed by atoms with Gasteiger partial charge in [-0.2, -0.15) is 0 Å². The third-order valence-corrected chi connectivity index (χ3v) is 4.64. The summed E-state index contributed by atoms with van der Waals surface area (Å²) < 4.78 is 0. The fourth-order valence-corrected chi connectivity index (χ4v) is 3.51. The van der Waals surface area contributed by atoms with Crippen molar-refractivity contribution in [2.75, 3.05) is 0 Å². The third kappa shape index (κ3) is 2.50. The Hall–Kier alpha value is -1.63. The number of unbranched alkanes of at least 4 members (excludes halogenated alkanes) is 1. The van der Waals surface area contributed by atoms with Crippen LogP contribution in [0.1, 0.15) is 59.8 Å². The largest absolute Gasteiger partial charge is 0.253 e. The molecule has 21 heavy (non-hydrogen) atoms. The maximum Gasteiger partial charge on any atom is 0.0678 e. The van der Waals surface area contributed by atoms with Crippen LogP contribution in [-0.4, -0.2) is 5.71 Å². The van der Waals surface area contributed by atoms with E-state index in [-0.39, 0.29) is 0 Å². The normalized spacial score (nSPS) is 20.5. The lowest BCUT2D eigenvalue weighted by molar-refractivity contribution is 0.798. The zero-order valence-corrected chi connectivity index (χ0v) is 13.7. The average Bonchev–Trinajstić information content (AvgIpc) is 3.10. The molecule has 0 atom stereocenters. The second-order valence-corrected chi connectivity index (χ2v) is 6.48. The highest BCUT2D eigenvalue weighted by Crippen LogP contribution is 2.44. The molecule has 0 bridgehead atoms. The van der Waals surface area contributed by atoms with Gasteiger partial charge in [0.05, 0.1) is 5.70 Å². The van der Waals surface area contributed by atoms with Crippen LogP contribution in [0.5, 0.6) is 0 Å². The molecule has 110 valence electrons. The lowest BCUT2D eigenvalue weighted by Crippen LogP contribution is -2.00. The minimum Gasteiger partial charge on any atom is -0.253 e. The van der Waals surface area contributed by atoms with E-state index in [2.05, 4.69) is 45.9 Å². The molecular formula is C20H25N. The molecule has 3 rings (SSSR count). The number of hydrogen-bond donors (Lipinski definition) is 0. The summed E-state index contributed by atoms with van der Waals surface area (Å²) in [6.07, 6.45) is 13.0. The Labute approximate surface area is 128 Å². The van der Waals surface area contributed by atoms with Gasteiger partial charge in [-0.1, -0.05) is 42.7 Å². The molecule has 0 spiro atoms. The maximum atomic E-state index is 4.80. The molecule has 1 heterocycles. The van der Waals surface area contributed by atoms with Gasteiger partial charge < -0.3 is 0 Å².